The van der Waals surface area contributed by atoms with Gasteiger partial charge in [-0.25, -0.2) is 9.18 Å². The molecule has 18 heavy (non-hydrogen) atoms. The number of nitrogens with one attached hydrogen (secondary N) is 1. The van der Waals surface area contributed by atoms with Crippen LogP contribution in [0.3, 0.4) is 0 Å². The summed E-state index contributed by atoms with van der Waals surface area (Å²) in [6, 6.07) is 4.52. The summed E-state index contributed by atoms with van der Waals surface area (Å²) < 4.78 is 23.2. The average molecular weight is 254 g/mol. The molecule has 0 spiro atoms. The van der Waals surface area contributed by atoms with E-state index in [1.165, 1.54) is 12.1 Å². The van der Waals surface area contributed by atoms with Crippen LogP contribution in [0.25, 0.3) is 0 Å². The summed E-state index contributed by atoms with van der Waals surface area (Å²) in [5.74, 6) is 0.484. The lowest BCUT2D eigenvalue weighted by atomic mass is 10.1. The van der Waals surface area contributed by atoms with Gasteiger partial charge in [0.2, 0.25) is 0 Å². The number of carbonyl (C=O) groups is 1. The van der Waals surface area contributed by atoms with Gasteiger partial charge < -0.3 is 20.5 Å². The van der Waals surface area contributed by atoms with Crippen LogP contribution in [0.15, 0.2) is 18.2 Å². The molecule has 1 unspecified atom stereocenters. The highest BCUT2D eigenvalue weighted by molar-refractivity contribution is 5.64. The normalized spacial score (nSPS) is 17.1. The monoisotopic (exact) mass is 254 g/mol. The third-order valence-corrected chi connectivity index (χ3v) is 2.66. The van der Waals surface area contributed by atoms with Gasteiger partial charge in [-0.2, -0.15) is 0 Å². The Labute approximate surface area is 104 Å². The van der Waals surface area contributed by atoms with E-state index >= 15 is 0 Å². The second-order valence-corrected chi connectivity index (χ2v) is 4.07. The number of primary amides is 1. The molecule has 0 saturated carbocycles. The van der Waals surface area contributed by atoms with Crippen molar-refractivity contribution in [3.63, 3.8) is 0 Å². The van der Waals surface area contributed by atoms with Crippen LogP contribution >= 0.6 is 0 Å². The smallest absolute Gasteiger partial charge is 0.404 e. The number of hydrogen-bond donors (Lipinski definition) is 2. The third-order valence-electron chi connectivity index (χ3n) is 2.66. The quantitative estimate of drug-likeness (QED) is 0.763. The fourth-order valence-corrected chi connectivity index (χ4v) is 1.89. The standard InChI is InChI=1S/C12H15FN2O3/c13-9-1-2-11-8(5-9)6-10(18-11)7-15-3-4-17-12(14)16/h1-2,5,10,15H,3-4,6-7H2,(H2,14,16). The Morgan fingerprint density at radius 2 is 2.44 bits per heavy atom. The van der Waals surface area contributed by atoms with E-state index in [0.29, 0.717) is 19.5 Å². The zero-order chi connectivity index (χ0) is 13.0. The Bertz CT molecular complexity index is 439. The molecule has 0 fully saturated rings. The van der Waals surface area contributed by atoms with Crippen molar-refractivity contribution >= 4 is 6.09 Å². The number of ether oxygens (including phenoxy) is 2. The molecule has 6 heteroatoms. The van der Waals surface area contributed by atoms with Gasteiger partial charge in [0.1, 0.15) is 24.3 Å². The lowest BCUT2D eigenvalue weighted by Gasteiger charge is -2.11. The maximum atomic E-state index is 13.0. The number of rotatable bonds is 5. The lowest BCUT2D eigenvalue weighted by Crippen LogP contribution is -2.33. The van der Waals surface area contributed by atoms with Crippen molar-refractivity contribution in [1.82, 2.24) is 5.32 Å². The molecule has 0 radical (unpaired) electrons. The highest BCUT2D eigenvalue weighted by atomic mass is 19.1. The second-order valence-electron chi connectivity index (χ2n) is 4.07. The van der Waals surface area contributed by atoms with Crippen molar-refractivity contribution in [2.24, 2.45) is 5.73 Å². The minimum atomic E-state index is -0.781. The SMILES string of the molecule is NC(=O)OCCNCC1Cc2cc(F)ccc2O1. The molecule has 0 saturated heterocycles. The van der Waals surface area contributed by atoms with E-state index in [0.717, 1.165) is 11.3 Å². The summed E-state index contributed by atoms with van der Waals surface area (Å²) in [5.41, 5.74) is 5.70. The number of carbonyl (C=O) groups excluding carboxylic acids is 1. The van der Waals surface area contributed by atoms with Crippen LogP contribution in [-0.2, 0) is 11.2 Å². The van der Waals surface area contributed by atoms with Crippen molar-refractivity contribution in [3.8, 4) is 5.75 Å². The number of fused-ring (bicyclic) bond motifs is 1. The van der Waals surface area contributed by atoms with Crippen molar-refractivity contribution in [2.75, 3.05) is 19.7 Å². The van der Waals surface area contributed by atoms with Crippen LogP contribution in [0.5, 0.6) is 5.75 Å². The minimum Gasteiger partial charge on any atom is -0.488 e. The van der Waals surface area contributed by atoms with Gasteiger partial charge >= 0.3 is 6.09 Å². The van der Waals surface area contributed by atoms with Gasteiger partial charge in [-0.15, -0.1) is 0 Å². The van der Waals surface area contributed by atoms with E-state index in [-0.39, 0.29) is 18.5 Å². The van der Waals surface area contributed by atoms with Crippen molar-refractivity contribution < 1.29 is 18.7 Å². The fraction of sp³-hybridized carbons (Fsp3) is 0.417. The molecule has 0 bridgehead atoms. The maximum Gasteiger partial charge on any atom is 0.404 e. The highest BCUT2D eigenvalue weighted by Gasteiger charge is 2.22. The molecule has 1 atom stereocenters. The number of nitrogens with two attached hydrogens (primary N) is 1. The lowest BCUT2D eigenvalue weighted by molar-refractivity contribution is 0.155. The second kappa shape index (κ2) is 5.68. The number of halogens is 1. The van der Waals surface area contributed by atoms with E-state index in [1.54, 1.807) is 6.07 Å². The minimum absolute atomic E-state index is 0.0182. The van der Waals surface area contributed by atoms with Crippen LogP contribution in [0.2, 0.25) is 0 Å². The number of hydrogen-bond acceptors (Lipinski definition) is 4. The first-order valence-electron chi connectivity index (χ1n) is 5.73. The van der Waals surface area contributed by atoms with Crippen molar-refractivity contribution in [2.45, 2.75) is 12.5 Å². The van der Waals surface area contributed by atoms with Crippen LogP contribution in [0.1, 0.15) is 5.56 Å². The Hall–Kier alpha value is -1.82. The first-order chi connectivity index (χ1) is 8.65. The predicted molar refractivity (Wildman–Crippen MR) is 62.9 cm³/mol. The molecule has 1 aliphatic rings. The van der Waals surface area contributed by atoms with E-state index in [2.05, 4.69) is 10.1 Å². The Morgan fingerprint density at radius 3 is 3.22 bits per heavy atom. The largest absolute Gasteiger partial charge is 0.488 e. The Balaban J connectivity index is 1.70. The molecule has 2 rings (SSSR count). The number of benzene rings is 1. The van der Waals surface area contributed by atoms with Gasteiger partial charge in [0.05, 0.1) is 0 Å². The summed E-state index contributed by atoms with van der Waals surface area (Å²) in [5, 5.41) is 3.08. The third kappa shape index (κ3) is 3.33. The molecule has 1 amide bonds. The molecule has 5 nitrogen and oxygen atoms in total. The summed E-state index contributed by atoms with van der Waals surface area (Å²) in [6.45, 7) is 1.34. The highest BCUT2D eigenvalue weighted by Crippen LogP contribution is 2.28. The molecule has 3 N–H and O–H groups in total. The molecule has 98 valence electrons. The molecule has 1 aromatic rings. The summed E-state index contributed by atoms with van der Waals surface area (Å²) in [7, 11) is 0. The molecule has 0 aromatic heterocycles. The van der Waals surface area contributed by atoms with E-state index < -0.39 is 6.09 Å². The summed E-state index contributed by atoms with van der Waals surface area (Å²) in [6.07, 6.45) is -0.122. The van der Waals surface area contributed by atoms with Crippen LogP contribution < -0.4 is 15.8 Å². The van der Waals surface area contributed by atoms with Gasteiger partial charge in [-0.05, 0) is 18.2 Å². The van der Waals surface area contributed by atoms with Crippen LogP contribution in [0, 0.1) is 5.82 Å². The van der Waals surface area contributed by atoms with Gasteiger partial charge in [-0.1, -0.05) is 0 Å². The molecular weight excluding hydrogens is 239 g/mol. The van der Waals surface area contributed by atoms with Crippen molar-refractivity contribution in [1.29, 1.82) is 0 Å². The summed E-state index contributed by atoms with van der Waals surface area (Å²) >= 11 is 0. The van der Waals surface area contributed by atoms with Gasteiger partial charge in [-0.3, -0.25) is 0 Å². The Kier molecular flexibility index (Phi) is 3.99. The first-order valence-corrected chi connectivity index (χ1v) is 5.73. The van der Waals surface area contributed by atoms with E-state index in [1.807, 2.05) is 0 Å². The molecule has 1 aliphatic heterocycles. The maximum absolute atomic E-state index is 13.0. The molecule has 0 aliphatic carbocycles. The zero-order valence-electron chi connectivity index (χ0n) is 9.82. The summed E-state index contributed by atoms with van der Waals surface area (Å²) in [4.78, 5) is 10.3. The molecule has 1 heterocycles. The fourth-order valence-electron chi connectivity index (χ4n) is 1.89. The average Bonchev–Trinajstić information content (AvgIpc) is 2.70. The van der Waals surface area contributed by atoms with E-state index in [9.17, 15) is 9.18 Å². The molecular formula is C12H15FN2O3. The van der Waals surface area contributed by atoms with Crippen LogP contribution in [0.4, 0.5) is 9.18 Å². The first kappa shape index (κ1) is 12.6. The zero-order valence-corrected chi connectivity index (χ0v) is 9.82. The topological polar surface area (TPSA) is 73.6 Å². The van der Waals surface area contributed by atoms with Gasteiger partial charge in [0.15, 0.2) is 0 Å². The van der Waals surface area contributed by atoms with Gasteiger partial charge in [0, 0.05) is 25.1 Å². The molecule has 1 aromatic carbocycles. The Morgan fingerprint density at radius 1 is 1.61 bits per heavy atom. The van der Waals surface area contributed by atoms with Crippen LogP contribution in [-0.4, -0.2) is 31.9 Å². The van der Waals surface area contributed by atoms with E-state index in [4.69, 9.17) is 10.5 Å². The number of amides is 1. The predicted octanol–water partition coefficient (Wildman–Crippen LogP) is 0.814. The van der Waals surface area contributed by atoms with Crippen molar-refractivity contribution in [3.05, 3.63) is 29.6 Å². The van der Waals surface area contributed by atoms with Gasteiger partial charge in [0.25, 0.3) is 0 Å².